The van der Waals surface area contributed by atoms with E-state index in [2.05, 4.69) is 38.1 Å². The second kappa shape index (κ2) is 6.45. The molecule has 0 amide bonds. The Balaban J connectivity index is 2.02. The average Bonchev–Trinajstić information content (AvgIpc) is 2.54. The van der Waals surface area contributed by atoms with Crippen LogP contribution >= 0.6 is 0 Å². The van der Waals surface area contributed by atoms with E-state index in [-0.39, 0.29) is 0 Å². The Morgan fingerprint density at radius 3 is 2.30 bits per heavy atom. The van der Waals surface area contributed by atoms with Gasteiger partial charge in [0.05, 0.1) is 19.9 Å². The van der Waals surface area contributed by atoms with Gasteiger partial charge in [0.25, 0.3) is 0 Å². The van der Waals surface area contributed by atoms with Crippen molar-refractivity contribution < 1.29 is 9.47 Å². The number of nitrogens with zero attached hydrogens (tertiary/aromatic N) is 1. The van der Waals surface area contributed by atoms with Crippen molar-refractivity contribution in [3.63, 3.8) is 0 Å². The van der Waals surface area contributed by atoms with Crippen molar-refractivity contribution in [2.75, 3.05) is 14.2 Å². The molecular formula is C20H23NO2. The van der Waals surface area contributed by atoms with Crippen LogP contribution in [0.4, 0.5) is 5.69 Å². The van der Waals surface area contributed by atoms with Crippen molar-refractivity contribution in [2.45, 2.75) is 33.1 Å². The first-order chi connectivity index (χ1) is 11.1. The predicted octanol–water partition coefficient (Wildman–Crippen LogP) is 4.78. The summed E-state index contributed by atoms with van der Waals surface area (Å²) in [7, 11) is 3.42. The minimum Gasteiger partial charge on any atom is -0.497 e. The molecule has 0 radical (unpaired) electrons. The van der Waals surface area contributed by atoms with E-state index in [1.54, 1.807) is 14.2 Å². The molecule has 0 heterocycles. The van der Waals surface area contributed by atoms with Gasteiger partial charge in [-0.15, -0.1) is 0 Å². The smallest absolute Gasteiger partial charge is 0.124 e. The Morgan fingerprint density at radius 1 is 0.913 bits per heavy atom. The molecule has 120 valence electrons. The summed E-state index contributed by atoms with van der Waals surface area (Å²) < 4.78 is 10.8. The second-order valence-corrected chi connectivity index (χ2v) is 6.05. The number of aryl methyl sites for hydroxylation is 3. The number of aliphatic imine (C=N–C) groups is 1. The third-order valence-corrected chi connectivity index (χ3v) is 4.40. The molecule has 3 nitrogen and oxygen atoms in total. The summed E-state index contributed by atoms with van der Waals surface area (Å²) in [5.41, 5.74) is 6.99. The zero-order valence-corrected chi connectivity index (χ0v) is 14.3. The van der Waals surface area contributed by atoms with Gasteiger partial charge >= 0.3 is 0 Å². The van der Waals surface area contributed by atoms with Gasteiger partial charge in [-0.2, -0.15) is 0 Å². The quantitative estimate of drug-likeness (QED) is 0.817. The molecule has 0 N–H and O–H groups in total. The summed E-state index contributed by atoms with van der Waals surface area (Å²) in [6, 6.07) is 10.5. The molecule has 3 rings (SSSR count). The standard InChI is InChI=1S/C20H23NO2/c1-13-10-16(11-14(2)20(13)23-4)21-19-7-5-6-15-12-17(22-3)8-9-18(15)19/h8-12H,5-7H2,1-4H3. The second-order valence-electron chi connectivity index (χ2n) is 6.05. The monoisotopic (exact) mass is 309 g/mol. The SMILES string of the molecule is COc1ccc2c(c1)CCCC2=Nc1cc(C)c(OC)c(C)c1. The lowest BCUT2D eigenvalue weighted by Gasteiger charge is -2.19. The van der Waals surface area contributed by atoms with E-state index in [1.165, 1.54) is 11.1 Å². The van der Waals surface area contributed by atoms with Crippen LogP contribution in [-0.2, 0) is 6.42 Å². The lowest BCUT2D eigenvalue weighted by molar-refractivity contribution is 0.408. The number of ether oxygens (including phenoxy) is 2. The summed E-state index contributed by atoms with van der Waals surface area (Å²) in [6.45, 7) is 4.13. The van der Waals surface area contributed by atoms with E-state index in [0.717, 1.165) is 53.3 Å². The van der Waals surface area contributed by atoms with Crippen molar-refractivity contribution in [3.05, 3.63) is 52.6 Å². The first kappa shape index (κ1) is 15.6. The van der Waals surface area contributed by atoms with Crippen LogP contribution in [-0.4, -0.2) is 19.9 Å². The lowest BCUT2D eigenvalue weighted by atomic mass is 9.89. The zero-order chi connectivity index (χ0) is 16.4. The van der Waals surface area contributed by atoms with Crippen LogP contribution in [0.5, 0.6) is 11.5 Å². The van der Waals surface area contributed by atoms with Crippen molar-refractivity contribution in [3.8, 4) is 11.5 Å². The average molecular weight is 309 g/mol. The fourth-order valence-electron chi connectivity index (χ4n) is 3.35. The summed E-state index contributed by atoms with van der Waals surface area (Å²) in [4.78, 5) is 4.93. The van der Waals surface area contributed by atoms with Crippen molar-refractivity contribution >= 4 is 11.4 Å². The molecule has 0 spiro atoms. The van der Waals surface area contributed by atoms with Crippen LogP contribution in [0.1, 0.15) is 35.1 Å². The molecule has 0 fully saturated rings. The summed E-state index contributed by atoms with van der Waals surface area (Å²) in [5, 5.41) is 0. The highest BCUT2D eigenvalue weighted by Gasteiger charge is 2.16. The van der Waals surface area contributed by atoms with Gasteiger partial charge in [-0.3, -0.25) is 4.99 Å². The Labute approximate surface area is 138 Å². The molecule has 1 aliphatic rings. The molecule has 23 heavy (non-hydrogen) atoms. The number of rotatable bonds is 3. The predicted molar refractivity (Wildman–Crippen MR) is 94.6 cm³/mol. The number of hydrogen-bond acceptors (Lipinski definition) is 3. The highest BCUT2D eigenvalue weighted by Crippen LogP contribution is 2.31. The largest absolute Gasteiger partial charge is 0.497 e. The minimum absolute atomic E-state index is 0.918. The molecule has 2 aromatic rings. The number of hydrogen-bond donors (Lipinski definition) is 0. The van der Waals surface area contributed by atoms with Gasteiger partial charge in [-0.25, -0.2) is 0 Å². The van der Waals surface area contributed by atoms with Gasteiger partial charge in [-0.05, 0) is 85.7 Å². The van der Waals surface area contributed by atoms with Crippen molar-refractivity contribution in [1.82, 2.24) is 0 Å². The summed E-state index contributed by atoms with van der Waals surface area (Å²) in [6.07, 6.45) is 3.24. The van der Waals surface area contributed by atoms with Crippen LogP contribution in [0, 0.1) is 13.8 Å². The van der Waals surface area contributed by atoms with Crippen molar-refractivity contribution in [2.24, 2.45) is 4.99 Å². The van der Waals surface area contributed by atoms with E-state index >= 15 is 0 Å². The maximum Gasteiger partial charge on any atom is 0.124 e. The van der Waals surface area contributed by atoms with Crippen LogP contribution in [0.15, 0.2) is 35.3 Å². The van der Waals surface area contributed by atoms with Gasteiger partial charge in [0.2, 0.25) is 0 Å². The number of methoxy groups -OCH3 is 2. The molecule has 0 saturated heterocycles. The van der Waals surface area contributed by atoms with Crippen LogP contribution in [0.25, 0.3) is 0 Å². The van der Waals surface area contributed by atoms with Gasteiger partial charge in [0.15, 0.2) is 0 Å². The maximum absolute atomic E-state index is 5.44. The molecule has 2 aromatic carbocycles. The highest BCUT2D eigenvalue weighted by molar-refractivity contribution is 6.04. The number of fused-ring (bicyclic) bond motifs is 1. The molecule has 0 unspecified atom stereocenters. The van der Waals surface area contributed by atoms with E-state index in [1.807, 2.05) is 6.07 Å². The first-order valence-corrected chi connectivity index (χ1v) is 8.02. The Hall–Kier alpha value is -2.29. The molecule has 0 aromatic heterocycles. The Bertz CT molecular complexity index is 739. The van der Waals surface area contributed by atoms with Crippen LogP contribution < -0.4 is 9.47 Å². The van der Waals surface area contributed by atoms with Gasteiger partial charge in [0.1, 0.15) is 11.5 Å². The zero-order valence-electron chi connectivity index (χ0n) is 14.3. The highest BCUT2D eigenvalue weighted by atomic mass is 16.5. The van der Waals surface area contributed by atoms with E-state index < -0.39 is 0 Å². The third kappa shape index (κ3) is 3.09. The van der Waals surface area contributed by atoms with Crippen molar-refractivity contribution in [1.29, 1.82) is 0 Å². The Morgan fingerprint density at radius 2 is 1.65 bits per heavy atom. The van der Waals surface area contributed by atoms with Crippen LogP contribution in [0.2, 0.25) is 0 Å². The fourth-order valence-corrected chi connectivity index (χ4v) is 3.35. The minimum atomic E-state index is 0.918. The fraction of sp³-hybridized carbons (Fsp3) is 0.350. The normalized spacial score (nSPS) is 15.4. The maximum atomic E-state index is 5.44. The molecule has 0 saturated carbocycles. The van der Waals surface area contributed by atoms with E-state index in [4.69, 9.17) is 14.5 Å². The first-order valence-electron chi connectivity index (χ1n) is 8.02. The third-order valence-electron chi connectivity index (χ3n) is 4.40. The molecule has 1 aliphatic carbocycles. The molecule has 0 bridgehead atoms. The van der Waals surface area contributed by atoms with Gasteiger partial charge < -0.3 is 9.47 Å². The van der Waals surface area contributed by atoms with Gasteiger partial charge in [0, 0.05) is 5.71 Å². The summed E-state index contributed by atoms with van der Waals surface area (Å²) in [5.74, 6) is 1.86. The van der Waals surface area contributed by atoms with E-state index in [9.17, 15) is 0 Å². The van der Waals surface area contributed by atoms with E-state index in [0.29, 0.717) is 0 Å². The molecule has 0 aliphatic heterocycles. The molecular weight excluding hydrogens is 286 g/mol. The van der Waals surface area contributed by atoms with Gasteiger partial charge in [-0.1, -0.05) is 0 Å². The molecule has 0 atom stereocenters. The number of benzene rings is 2. The topological polar surface area (TPSA) is 30.8 Å². The molecule has 3 heteroatoms. The van der Waals surface area contributed by atoms with Crippen LogP contribution in [0.3, 0.4) is 0 Å². The lowest BCUT2D eigenvalue weighted by Crippen LogP contribution is -2.11. The summed E-state index contributed by atoms with van der Waals surface area (Å²) >= 11 is 0. The Kier molecular flexibility index (Phi) is 4.37.